The predicted octanol–water partition coefficient (Wildman–Crippen LogP) is 3.32. The number of amides is 1. The third-order valence-electron chi connectivity index (χ3n) is 6.95. The molecule has 2 aliphatic heterocycles. The quantitative estimate of drug-likeness (QED) is 0.772. The van der Waals surface area contributed by atoms with Gasteiger partial charge < -0.3 is 19.9 Å². The molecule has 1 N–H and O–H groups in total. The van der Waals surface area contributed by atoms with Crippen molar-refractivity contribution in [2.75, 3.05) is 36.0 Å². The second-order valence-corrected chi connectivity index (χ2v) is 9.39. The fraction of sp³-hybridized carbons (Fsp3) is 0.542. The Kier molecular flexibility index (Phi) is 5.20. The lowest BCUT2D eigenvalue weighted by Gasteiger charge is -2.55. The maximum Gasteiger partial charge on any atom is 0.227 e. The van der Waals surface area contributed by atoms with Crippen molar-refractivity contribution in [3.05, 3.63) is 42.1 Å². The minimum absolute atomic E-state index is 0.00828. The van der Waals surface area contributed by atoms with Crippen molar-refractivity contribution in [3.63, 3.8) is 0 Å². The van der Waals surface area contributed by atoms with Crippen molar-refractivity contribution in [2.45, 2.75) is 51.7 Å². The highest BCUT2D eigenvalue weighted by atomic mass is 16.5. The number of benzene rings is 1. The maximum absolute atomic E-state index is 11.2. The van der Waals surface area contributed by atoms with Crippen LogP contribution in [-0.2, 0) is 4.79 Å². The topological polar surface area (TPSA) is 70.6 Å². The molecule has 1 aromatic carbocycles. The molecule has 3 aliphatic rings. The summed E-state index contributed by atoms with van der Waals surface area (Å²) in [5, 5.41) is 2.91. The Bertz CT molecular complexity index is 935. The number of ether oxygens (including phenoxy) is 1. The molecule has 2 atom stereocenters. The van der Waals surface area contributed by atoms with Gasteiger partial charge in [0.15, 0.2) is 0 Å². The number of nitrogens with one attached hydrogen (secondary N) is 1. The molecule has 5 rings (SSSR count). The summed E-state index contributed by atoms with van der Waals surface area (Å²) in [4.78, 5) is 25.2. The van der Waals surface area contributed by atoms with Crippen molar-refractivity contribution in [1.29, 1.82) is 0 Å². The summed E-state index contributed by atoms with van der Waals surface area (Å²) < 4.78 is 6.22. The van der Waals surface area contributed by atoms with Crippen LogP contribution in [0.15, 0.2) is 36.5 Å². The highest BCUT2D eigenvalue weighted by Crippen LogP contribution is 2.48. The fourth-order valence-electron chi connectivity index (χ4n) is 5.01. The Morgan fingerprint density at radius 2 is 1.97 bits per heavy atom. The number of rotatable bonds is 6. The summed E-state index contributed by atoms with van der Waals surface area (Å²) >= 11 is 0. The van der Waals surface area contributed by atoms with Gasteiger partial charge in [-0.05, 0) is 43.5 Å². The van der Waals surface area contributed by atoms with Gasteiger partial charge in [-0.3, -0.25) is 4.79 Å². The van der Waals surface area contributed by atoms with E-state index in [1.54, 1.807) is 0 Å². The number of hydrogen-bond acceptors (Lipinski definition) is 6. The third-order valence-corrected chi connectivity index (χ3v) is 6.95. The summed E-state index contributed by atoms with van der Waals surface area (Å²) in [6, 6.07) is 10.00. The van der Waals surface area contributed by atoms with E-state index in [4.69, 9.17) is 9.72 Å². The second kappa shape index (κ2) is 8.02. The number of anilines is 2. The Hall–Kier alpha value is -2.83. The number of aromatic nitrogens is 2. The minimum atomic E-state index is -0.0246. The second-order valence-electron chi connectivity index (χ2n) is 9.39. The van der Waals surface area contributed by atoms with E-state index in [-0.39, 0.29) is 18.1 Å². The molecule has 164 valence electrons. The first-order valence-corrected chi connectivity index (χ1v) is 11.4. The largest absolute Gasteiger partial charge is 0.489 e. The Balaban J connectivity index is 1.16. The van der Waals surface area contributed by atoms with Gasteiger partial charge >= 0.3 is 0 Å². The highest BCUT2D eigenvalue weighted by molar-refractivity contribution is 5.73. The molecule has 1 aliphatic carbocycles. The maximum atomic E-state index is 11.2. The van der Waals surface area contributed by atoms with Gasteiger partial charge in [0.25, 0.3) is 0 Å². The molecule has 2 saturated heterocycles. The standard InChI is InChI=1S/C24H31N5O2/c1-17(26-18(2)30)19-4-6-20(7-5-19)31-21-9-13-28(14-21)22-8-12-25-23(27-22)29-15-24(16-29)10-3-11-24/h4-8,12,17,21H,3,9-11,13-16H2,1-2H3,(H,26,30)/t17-,21+/m0/s1. The molecule has 3 heterocycles. The van der Waals surface area contributed by atoms with Crippen LogP contribution in [0.3, 0.4) is 0 Å². The minimum Gasteiger partial charge on any atom is -0.489 e. The van der Waals surface area contributed by atoms with Crippen LogP contribution in [0.25, 0.3) is 0 Å². The van der Waals surface area contributed by atoms with Gasteiger partial charge in [0.05, 0.1) is 12.6 Å². The molecule has 1 aromatic heterocycles. The molecule has 1 saturated carbocycles. The van der Waals surface area contributed by atoms with E-state index < -0.39 is 0 Å². The lowest BCUT2D eigenvalue weighted by molar-refractivity contribution is -0.119. The smallest absolute Gasteiger partial charge is 0.227 e. The van der Waals surface area contributed by atoms with Crippen molar-refractivity contribution < 1.29 is 9.53 Å². The SMILES string of the molecule is CC(=O)N[C@@H](C)c1ccc(O[C@@H]2CCN(c3ccnc(N4CC5(CCC5)C4)n3)C2)cc1. The van der Waals surface area contributed by atoms with E-state index in [0.717, 1.165) is 55.7 Å². The van der Waals surface area contributed by atoms with Crippen LogP contribution in [0.5, 0.6) is 5.75 Å². The predicted molar refractivity (Wildman–Crippen MR) is 120 cm³/mol. The number of nitrogens with zero attached hydrogens (tertiary/aromatic N) is 4. The van der Waals surface area contributed by atoms with E-state index >= 15 is 0 Å². The van der Waals surface area contributed by atoms with Crippen molar-refractivity contribution in [2.24, 2.45) is 5.41 Å². The lowest BCUT2D eigenvalue weighted by Crippen LogP contribution is -2.60. The first-order chi connectivity index (χ1) is 15.0. The van der Waals surface area contributed by atoms with Crippen LogP contribution < -0.4 is 19.9 Å². The molecule has 7 nitrogen and oxygen atoms in total. The van der Waals surface area contributed by atoms with Gasteiger partial charge in [-0.1, -0.05) is 18.6 Å². The van der Waals surface area contributed by atoms with Crippen LogP contribution in [0.4, 0.5) is 11.8 Å². The van der Waals surface area contributed by atoms with Crippen LogP contribution >= 0.6 is 0 Å². The zero-order valence-corrected chi connectivity index (χ0v) is 18.4. The van der Waals surface area contributed by atoms with E-state index in [2.05, 4.69) is 20.1 Å². The summed E-state index contributed by atoms with van der Waals surface area (Å²) in [5.74, 6) is 2.69. The van der Waals surface area contributed by atoms with E-state index in [1.165, 1.54) is 26.2 Å². The lowest BCUT2D eigenvalue weighted by atomic mass is 9.64. The molecule has 7 heteroatoms. The van der Waals surface area contributed by atoms with Gasteiger partial charge in [-0.2, -0.15) is 4.98 Å². The molecule has 3 fully saturated rings. The molecule has 0 unspecified atom stereocenters. The van der Waals surface area contributed by atoms with Crippen LogP contribution in [-0.4, -0.2) is 48.2 Å². The molecular formula is C24H31N5O2. The van der Waals surface area contributed by atoms with Gasteiger partial charge in [0.2, 0.25) is 11.9 Å². The first-order valence-electron chi connectivity index (χ1n) is 11.4. The number of hydrogen-bond donors (Lipinski definition) is 1. The van der Waals surface area contributed by atoms with Gasteiger partial charge in [0.1, 0.15) is 17.7 Å². The molecule has 0 radical (unpaired) electrons. The summed E-state index contributed by atoms with van der Waals surface area (Å²) in [7, 11) is 0. The first kappa shape index (κ1) is 20.1. The van der Waals surface area contributed by atoms with Gasteiger partial charge in [-0.15, -0.1) is 0 Å². The zero-order valence-electron chi connectivity index (χ0n) is 18.4. The van der Waals surface area contributed by atoms with E-state index in [9.17, 15) is 4.79 Å². The molecular weight excluding hydrogens is 390 g/mol. The van der Waals surface area contributed by atoms with Crippen molar-refractivity contribution >= 4 is 17.7 Å². The van der Waals surface area contributed by atoms with E-state index in [1.807, 2.05) is 43.5 Å². The Morgan fingerprint density at radius 1 is 1.19 bits per heavy atom. The Morgan fingerprint density at radius 3 is 2.65 bits per heavy atom. The summed E-state index contributed by atoms with van der Waals surface area (Å²) in [5.41, 5.74) is 1.64. The number of carbonyl (C=O) groups is 1. The fourth-order valence-corrected chi connectivity index (χ4v) is 5.01. The molecule has 1 spiro atoms. The van der Waals surface area contributed by atoms with Crippen LogP contribution in [0.1, 0.15) is 51.1 Å². The van der Waals surface area contributed by atoms with Gasteiger partial charge in [0, 0.05) is 44.6 Å². The molecule has 2 aromatic rings. The summed E-state index contributed by atoms with van der Waals surface area (Å²) in [6.07, 6.45) is 7.09. The third kappa shape index (κ3) is 4.18. The van der Waals surface area contributed by atoms with Crippen molar-refractivity contribution in [3.8, 4) is 5.75 Å². The molecule has 1 amide bonds. The van der Waals surface area contributed by atoms with Gasteiger partial charge in [-0.25, -0.2) is 4.98 Å². The number of carbonyl (C=O) groups excluding carboxylic acids is 1. The van der Waals surface area contributed by atoms with E-state index in [0.29, 0.717) is 5.41 Å². The van der Waals surface area contributed by atoms with Crippen molar-refractivity contribution in [1.82, 2.24) is 15.3 Å². The highest BCUT2D eigenvalue weighted by Gasteiger charge is 2.48. The monoisotopic (exact) mass is 421 g/mol. The zero-order chi connectivity index (χ0) is 21.4. The molecule has 0 bridgehead atoms. The Labute approximate surface area is 183 Å². The average molecular weight is 422 g/mol. The summed E-state index contributed by atoms with van der Waals surface area (Å²) in [6.45, 7) is 7.49. The normalized spacial score (nSPS) is 22.6. The van der Waals surface area contributed by atoms with Crippen LogP contribution in [0.2, 0.25) is 0 Å². The van der Waals surface area contributed by atoms with Crippen LogP contribution in [0, 0.1) is 5.41 Å². The average Bonchev–Trinajstić information content (AvgIpc) is 3.15. The molecule has 31 heavy (non-hydrogen) atoms.